The molecule has 0 amide bonds. The summed E-state index contributed by atoms with van der Waals surface area (Å²) in [4.78, 5) is 14.7. The van der Waals surface area contributed by atoms with Crippen molar-refractivity contribution in [3.05, 3.63) is 34.5 Å². The van der Waals surface area contributed by atoms with Gasteiger partial charge in [-0.3, -0.25) is 4.57 Å². The largest absolute Gasteiger partial charge is 0.326 e. The molecule has 1 unspecified atom stereocenters. The van der Waals surface area contributed by atoms with Crippen molar-refractivity contribution in [2.75, 3.05) is 5.75 Å². The molecule has 2 aromatic rings. The van der Waals surface area contributed by atoms with Gasteiger partial charge in [0.2, 0.25) is 0 Å². The summed E-state index contributed by atoms with van der Waals surface area (Å²) < 4.78 is 14.9. The van der Waals surface area contributed by atoms with Crippen LogP contribution in [0.5, 0.6) is 0 Å². The minimum absolute atomic E-state index is 0.137. The lowest BCUT2D eigenvalue weighted by Crippen LogP contribution is -2.24. The van der Waals surface area contributed by atoms with Crippen LogP contribution >= 0.6 is 11.8 Å². The van der Waals surface area contributed by atoms with Crippen molar-refractivity contribution < 1.29 is 4.39 Å². The number of thioether (sulfide) groups is 1. The van der Waals surface area contributed by atoms with Gasteiger partial charge in [-0.25, -0.2) is 9.18 Å². The Bertz CT molecular complexity index is 613. The number of benzene rings is 1. The lowest BCUT2D eigenvalue weighted by atomic mass is 10.2. The molecule has 0 radical (unpaired) electrons. The van der Waals surface area contributed by atoms with Gasteiger partial charge in [0, 0.05) is 11.8 Å². The van der Waals surface area contributed by atoms with Crippen molar-refractivity contribution in [2.45, 2.75) is 31.1 Å². The number of aromatic amines is 1. The van der Waals surface area contributed by atoms with Crippen molar-refractivity contribution in [1.29, 1.82) is 0 Å². The predicted molar refractivity (Wildman–Crippen MR) is 72.6 cm³/mol. The SMILES string of the molecule is O=c1[nH]c2ccc(F)cc2n1CC1CCCCS1. The minimum Gasteiger partial charge on any atom is -0.306 e. The summed E-state index contributed by atoms with van der Waals surface area (Å²) in [5.74, 6) is 0.863. The number of aromatic nitrogens is 2. The highest BCUT2D eigenvalue weighted by molar-refractivity contribution is 7.99. The minimum atomic E-state index is -0.299. The van der Waals surface area contributed by atoms with Gasteiger partial charge >= 0.3 is 5.69 Å². The zero-order valence-corrected chi connectivity index (χ0v) is 10.8. The highest BCUT2D eigenvalue weighted by Gasteiger charge is 2.17. The van der Waals surface area contributed by atoms with Crippen LogP contribution in [0.3, 0.4) is 0 Å². The van der Waals surface area contributed by atoms with Crippen LogP contribution in [0.25, 0.3) is 11.0 Å². The Balaban J connectivity index is 1.97. The number of nitrogens with one attached hydrogen (secondary N) is 1. The van der Waals surface area contributed by atoms with Crippen LogP contribution in [-0.2, 0) is 6.54 Å². The summed E-state index contributed by atoms with van der Waals surface area (Å²) in [6.07, 6.45) is 3.63. The summed E-state index contributed by atoms with van der Waals surface area (Å²) in [7, 11) is 0. The molecule has 2 heterocycles. The maximum absolute atomic E-state index is 13.3. The van der Waals surface area contributed by atoms with Crippen LogP contribution in [-0.4, -0.2) is 20.6 Å². The van der Waals surface area contributed by atoms with E-state index in [0.29, 0.717) is 22.8 Å². The van der Waals surface area contributed by atoms with E-state index in [1.54, 1.807) is 10.6 Å². The summed E-state index contributed by atoms with van der Waals surface area (Å²) in [6, 6.07) is 4.43. The molecule has 18 heavy (non-hydrogen) atoms. The summed E-state index contributed by atoms with van der Waals surface area (Å²) in [5.41, 5.74) is 1.25. The molecule has 1 aromatic carbocycles. The van der Waals surface area contributed by atoms with Crippen molar-refractivity contribution in [1.82, 2.24) is 9.55 Å². The molecular formula is C13H15FN2OS. The second-order valence-corrected chi connectivity index (χ2v) is 6.10. The Morgan fingerprint density at radius 2 is 2.33 bits per heavy atom. The van der Waals surface area contributed by atoms with Gasteiger partial charge in [-0.1, -0.05) is 6.42 Å². The Labute approximate surface area is 108 Å². The van der Waals surface area contributed by atoms with Crippen molar-refractivity contribution in [3.8, 4) is 0 Å². The van der Waals surface area contributed by atoms with Crippen molar-refractivity contribution >= 4 is 22.8 Å². The Hall–Kier alpha value is -1.23. The number of fused-ring (bicyclic) bond motifs is 1. The van der Waals surface area contributed by atoms with Gasteiger partial charge in [-0.2, -0.15) is 11.8 Å². The molecule has 0 aliphatic carbocycles. The second-order valence-electron chi connectivity index (χ2n) is 4.69. The fourth-order valence-corrected chi connectivity index (χ4v) is 3.75. The number of imidazole rings is 1. The van der Waals surface area contributed by atoms with Crippen LogP contribution in [0.15, 0.2) is 23.0 Å². The molecule has 1 N–H and O–H groups in total. The van der Waals surface area contributed by atoms with Gasteiger partial charge in [0.1, 0.15) is 5.82 Å². The van der Waals surface area contributed by atoms with Gasteiger partial charge in [0.15, 0.2) is 0 Å². The molecule has 1 aliphatic heterocycles. The van der Waals surface area contributed by atoms with Crippen LogP contribution in [0.2, 0.25) is 0 Å². The molecule has 1 saturated heterocycles. The quantitative estimate of drug-likeness (QED) is 0.907. The van der Waals surface area contributed by atoms with E-state index in [4.69, 9.17) is 0 Å². The molecule has 1 aromatic heterocycles. The first-order valence-corrected chi connectivity index (χ1v) is 7.28. The summed E-state index contributed by atoms with van der Waals surface area (Å²) in [5, 5.41) is 0.471. The third-order valence-electron chi connectivity index (χ3n) is 3.40. The zero-order chi connectivity index (χ0) is 12.5. The van der Waals surface area contributed by atoms with Crippen LogP contribution in [0.4, 0.5) is 4.39 Å². The Morgan fingerprint density at radius 1 is 1.44 bits per heavy atom. The molecule has 96 valence electrons. The van der Waals surface area contributed by atoms with Crippen LogP contribution < -0.4 is 5.69 Å². The molecule has 0 saturated carbocycles. The fourth-order valence-electron chi connectivity index (χ4n) is 2.46. The Morgan fingerprint density at radius 3 is 3.11 bits per heavy atom. The molecule has 3 rings (SSSR count). The lowest BCUT2D eigenvalue weighted by molar-refractivity contribution is 0.580. The molecule has 1 atom stereocenters. The smallest absolute Gasteiger partial charge is 0.306 e. The highest BCUT2D eigenvalue weighted by Crippen LogP contribution is 2.26. The normalized spacial score (nSPS) is 20.4. The van der Waals surface area contributed by atoms with Crippen LogP contribution in [0, 0.1) is 5.82 Å². The van der Waals surface area contributed by atoms with E-state index in [9.17, 15) is 9.18 Å². The first-order valence-electron chi connectivity index (χ1n) is 6.24. The third kappa shape index (κ3) is 2.19. The van der Waals surface area contributed by atoms with E-state index in [1.165, 1.54) is 25.0 Å². The van der Waals surface area contributed by atoms with E-state index in [-0.39, 0.29) is 11.5 Å². The fraction of sp³-hybridized carbons (Fsp3) is 0.462. The van der Waals surface area contributed by atoms with Gasteiger partial charge in [0.25, 0.3) is 0 Å². The number of hydrogen-bond acceptors (Lipinski definition) is 2. The summed E-state index contributed by atoms with van der Waals surface area (Å²) in [6.45, 7) is 0.674. The highest BCUT2D eigenvalue weighted by atomic mass is 32.2. The molecule has 0 spiro atoms. The number of halogens is 1. The molecule has 0 bridgehead atoms. The number of hydrogen-bond donors (Lipinski definition) is 1. The number of H-pyrrole nitrogens is 1. The van der Waals surface area contributed by atoms with Crippen molar-refractivity contribution in [2.24, 2.45) is 0 Å². The molecule has 1 aliphatic rings. The average Bonchev–Trinajstić information content (AvgIpc) is 2.67. The number of rotatable bonds is 2. The first kappa shape index (κ1) is 11.8. The summed E-state index contributed by atoms with van der Waals surface area (Å²) >= 11 is 1.92. The van der Waals surface area contributed by atoms with Crippen molar-refractivity contribution in [3.63, 3.8) is 0 Å². The molecule has 5 heteroatoms. The lowest BCUT2D eigenvalue weighted by Gasteiger charge is -2.21. The van der Waals surface area contributed by atoms with E-state index >= 15 is 0 Å². The van der Waals surface area contributed by atoms with E-state index in [2.05, 4.69) is 4.98 Å². The van der Waals surface area contributed by atoms with E-state index in [0.717, 1.165) is 12.2 Å². The van der Waals surface area contributed by atoms with Gasteiger partial charge < -0.3 is 4.98 Å². The second kappa shape index (κ2) is 4.80. The molecule has 3 nitrogen and oxygen atoms in total. The standard InChI is InChI=1S/C13H15FN2OS/c14-9-4-5-11-12(7-9)16(13(17)15-11)8-10-3-1-2-6-18-10/h4-5,7,10H,1-3,6,8H2,(H,15,17). The average molecular weight is 266 g/mol. The molecule has 1 fully saturated rings. The maximum Gasteiger partial charge on any atom is 0.326 e. The van der Waals surface area contributed by atoms with E-state index < -0.39 is 0 Å². The number of nitrogens with zero attached hydrogens (tertiary/aromatic N) is 1. The third-order valence-corrected chi connectivity index (χ3v) is 4.78. The van der Waals surface area contributed by atoms with Gasteiger partial charge in [-0.05, 0) is 36.8 Å². The van der Waals surface area contributed by atoms with Crippen LogP contribution in [0.1, 0.15) is 19.3 Å². The Kier molecular flexibility index (Phi) is 3.16. The monoisotopic (exact) mass is 266 g/mol. The predicted octanol–water partition coefficient (Wildman–Crippen LogP) is 2.75. The van der Waals surface area contributed by atoms with Gasteiger partial charge in [0.05, 0.1) is 11.0 Å². The molecular weight excluding hydrogens is 251 g/mol. The van der Waals surface area contributed by atoms with Gasteiger partial charge in [-0.15, -0.1) is 0 Å². The first-order chi connectivity index (χ1) is 8.74. The van der Waals surface area contributed by atoms with E-state index in [1.807, 2.05) is 11.8 Å². The maximum atomic E-state index is 13.3. The topological polar surface area (TPSA) is 37.8 Å². The zero-order valence-electron chi connectivity index (χ0n) is 9.99.